The molecule has 1 aliphatic heterocycles. The van der Waals surface area contributed by atoms with Gasteiger partial charge in [-0.15, -0.1) is 0 Å². The Balaban J connectivity index is 1.82. The second-order valence-corrected chi connectivity index (χ2v) is 6.72. The highest BCUT2D eigenvalue weighted by molar-refractivity contribution is 4.90. The Morgan fingerprint density at radius 1 is 1.22 bits per heavy atom. The van der Waals surface area contributed by atoms with Crippen LogP contribution in [0.4, 0.5) is 0 Å². The minimum Gasteiger partial charge on any atom is -0.396 e. The molecule has 0 aromatic rings. The second kappa shape index (κ2) is 6.88. The van der Waals surface area contributed by atoms with Crippen molar-refractivity contribution in [1.29, 1.82) is 0 Å². The minimum atomic E-state index is 0.349. The van der Waals surface area contributed by atoms with Crippen molar-refractivity contribution in [2.45, 2.75) is 58.0 Å². The van der Waals surface area contributed by atoms with Gasteiger partial charge in [0.05, 0.1) is 0 Å². The van der Waals surface area contributed by atoms with Crippen LogP contribution in [0.1, 0.15) is 46.0 Å². The van der Waals surface area contributed by atoms with Crippen LogP contribution in [0.3, 0.4) is 0 Å². The highest BCUT2D eigenvalue weighted by atomic mass is 16.2. The van der Waals surface area contributed by atoms with Gasteiger partial charge >= 0.3 is 0 Å². The number of aliphatic hydroxyl groups excluding tert-OH is 1. The first-order valence-corrected chi connectivity index (χ1v) is 7.76. The van der Waals surface area contributed by atoms with Gasteiger partial charge in [-0.05, 0) is 43.9 Å². The number of aliphatic hydroxyl groups is 1. The van der Waals surface area contributed by atoms with E-state index in [0.717, 1.165) is 24.3 Å². The first-order valence-electron chi connectivity index (χ1n) is 7.76. The van der Waals surface area contributed by atoms with Gasteiger partial charge in [0.25, 0.3) is 0 Å². The van der Waals surface area contributed by atoms with Gasteiger partial charge < -0.3 is 15.3 Å². The highest BCUT2D eigenvalue weighted by Gasteiger charge is 2.31. The maximum Gasteiger partial charge on any atom is 0.0431 e. The van der Waals surface area contributed by atoms with Crippen molar-refractivity contribution in [2.24, 2.45) is 11.8 Å². The summed E-state index contributed by atoms with van der Waals surface area (Å²) in [5.41, 5.74) is 0. The number of piperidine rings is 1. The third-order valence-electron chi connectivity index (χ3n) is 4.06. The molecule has 0 bridgehead atoms. The van der Waals surface area contributed by atoms with Crippen LogP contribution in [-0.2, 0) is 0 Å². The predicted octanol–water partition coefficient (Wildman–Crippen LogP) is 1.86. The van der Waals surface area contributed by atoms with E-state index in [0.29, 0.717) is 12.6 Å². The molecule has 0 aromatic heterocycles. The average molecular weight is 254 g/mol. The van der Waals surface area contributed by atoms with E-state index in [2.05, 4.69) is 24.1 Å². The lowest BCUT2D eigenvalue weighted by Crippen LogP contribution is -2.50. The van der Waals surface area contributed by atoms with Crippen molar-refractivity contribution in [2.75, 3.05) is 26.2 Å². The van der Waals surface area contributed by atoms with Crippen LogP contribution in [0.2, 0.25) is 0 Å². The predicted molar refractivity (Wildman–Crippen MR) is 75.7 cm³/mol. The molecule has 0 amide bonds. The van der Waals surface area contributed by atoms with Crippen LogP contribution < -0.4 is 5.32 Å². The maximum absolute atomic E-state index is 9.00. The van der Waals surface area contributed by atoms with Crippen molar-refractivity contribution < 1.29 is 5.11 Å². The fourth-order valence-electron chi connectivity index (χ4n) is 3.26. The largest absolute Gasteiger partial charge is 0.396 e. The molecule has 1 saturated heterocycles. The number of nitrogens with one attached hydrogen (secondary N) is 1. The van der Waals surface area contributed by atoms with Crippen molar-refractivity contribution in [3.63, 3.8) is 0 Å². The van der Waals surface area contributed by atoms with E-state index in [-0.39, 0.29) is 0 Å². The molecule has 3 nitrogen and oxygen atoms in total. The summed E-state index contributed by atoms with van der Waals surface area (Å²) < 4.78 is 0. The number of rotatable bonds is 7. The van der Waals surface area contributed by atoms with Gasteiger partial charge in [-0.3, -0.25) is 0 Å². The van der Waals surface area contributed by atoms with Crippen LogP contribution in [0.15, 0.2) is 0 Å². The molecule has 1 heterocycles. The molecule has 2 fully saturated rings. The summed E-state index contributed by atoms with van der Waals surface area (Å²) in [4.78, 5) is 2.64. The normalized spacial score (nSPS) is 30.0. The lowest BCUT2D eigenvalue weighted by atomic mass is 9.90. The quantitative estimate of drug-likeness (QED) is 0.728. The summed E-state index contributed by atoms with van der Waals surface area (Å²) in [6.45, 7) is 8.65. The lowest BCUT2D eigenvalue weighted by Gasteiger charge is -2.39. The molecule has 0 spiro atoms. The third-order valence-corrected chi connectivity index (χ3v) is 4.06. The van der Waals surface area contributed by atoms with Gasteiger partial charge in [-0.1, -0.05) is 13.8 Å². The van der Waals surface area contributed by atoms with E-state index in [4.69, 9.17) is 5.11 Å². The molecule has 2 atom stereocenters. The zero-order valence-corrected chi connectivity index (χ0v) is 12.1. The van der Waals surface area contributed by atoms with E-state index in [1.54, 1.807) is 0 Å². The average Bonchev–Trinajstić information content (AvgIpc) is 3.09. The van der Waals surface area contributed by atoms with Crippen molar-refractivity contribution >= 4 is 0 Å². The molecule has 18 heavy (non-hydrogen) atoms. The van der Waals surface area contributed by atoms with Crippen LogP contribution in [-0.4, -0.2) is 48.3 Å². The number of likely N-dealkylation sites (tertiary alicyclic amines) is 1. The summed E-state index contributed by atoms with van der Waals surface area (Å²) in [7, 11) is 0. The molecule has 2 rings (SSSR count). The molecule has 0 radical (unpaired) electrons. The van der Waals surface area contributed by atoms with Gasteiger partial charge in [-0.2, -0.15) is 0 Å². The molecular weight excluding hydrogens is 224 g/mol. The van der Waals surface area contributed by atoms with E-state index < -0.39 is 0 Å². The minimum absolute atomic E-state index is 0.349. The van der Waals surface area contributed by atoms with Crippen molar-refractivity contribution in [1.82, 2.24) is 10.2 Å². The maximum atomic E-state index is 9.00. The van der Waals surface area contributed by atoms with E-state index >= 15 is 0 Å². The lowest BCUT2D eigenvalue weighted by molar-refractivity contribution is 0.118. The van der Waals surface area contributed by atoms with Gasteiger partial charge in [-0.25, -0.2) is 0 Å². The number of nitrogens with zero attached hydrogens (tertiary/aromatic N) is 1. The fraction of sp³-hybridized carbons (Fsp3) is 1.00. The van der Waals surface area contributed by atoms with Gasteiger partial charge in [0.1, 0.15) is 0 Å². The summed E-state index contributed by atoms with van der Waals surface area (Å²) in [6, 6.07) is 1.50. The summed E-state index contributed by atoms with van der Waals surface area (Å²) in [5.74, 6) is 1.53. The van der Waals surface area contributed by atoms with Gasteiger partial charge in [0.2, 0.25) is 0 Å². The summed E-state index contributed by atoms with van der Waals surface area (Å²) >= 11 is 0. The molecule has 106 valence electrons. The number of hydrogen-bond acceptors (Lipinski definition) is 3. The van der Waals surface area contributed by atoms with Crippen LogP contribution in [0, 0.1) is 11.8 Å². The van der Waals surface area contributed by atoms with Crippen molar-refractivity contribution in [3.8, 4) is 0 Å². The van der Waals surface area contributed by atoms with Crippen molar-refractivity contribution in [3.05, 3.63) is 0 Å². The Morgan fingerprint density at radius 3 is 2.61 bits per heavy atom. The Labute approximate surface area is 112 Å². The third kappa shape index (κ3) is 4.87. The molecule has 2 aliphatic rings. The molecule has 1 saturated carbocycles. The molecular formula is C15H30N2O. The van der Waals surface area contributed by atoms with Gasteiger partial charge in [0.15, 0.2) is 0 Å². The van der Waals surface area contributed by atoms with Crippen LogP contribution in [0.5, 0.6) is 0 Å². The van der Waals surface area contributed by atoms with E-state index in [9.17, 15) is 0 Å². The molecule has 3 heteroatoms. The number of hydrogen-bond donors (Lipinski definition) is 2. The smallest absolute Gasteiger partial charge is 0.0431 e. The second-order valence-electron chi connectivity index (χ2n) is 6.72. The summed E-state index contributed by atoms with van der Waals surface area (Å²) in [5, 5.41) is 12.8. The fourth-order valence-corrected chi connectivity index (χ4v) is 3.26. The zero-order valence-electron chi connectivity index (χ0n) is 12.1. The van der Waals surface area contributed by atoms with Gasteiger partial charge in [0, 0.05) is 38.3 Å². The molecule has 2 unspecified atom stereocenters. The highest BCUT2D eigenvalue weighted by Crippen LogP contribution is 2.26. The first-order chi connectivity index (χ1) is 8.67. The molecule has 0 aromatic carbocycles. The van der Waals surface area contributed by atoms with E-state index in [1.807, 2.05) is 0 Å². The standard InChI is InChI=1S/C15H30N2O/c1-12(2)9-17-10-13(4-3-7-18)8-15(11-17)16-14-5-6-14/h12-16,18H,3-11H2,1-2H3. The molecule has 1 aliphatic carbocycles. The molecule has 2 N–H and O–H groups in total. The summed E-state index contributed by atoms with van der Waals surface area (Å²) in [6.07, 6.45) is 6.22. The topological polar surface area (TPSA) is 35.5 Å². The van der Waals surface area contributed by atoms with Crippen LogP contribution >= 0.6 is 0 Å². The Kier molecular flexibility index (Phi) is 5.46. The Hall–Kier alpha value is -0.120. The van der Waals surface area contributed by atoms with E-state index in [1.165, 1.54) is 45.3 Å². The SMILES string of the molecule is CC(C)CN1CC(CCCO)CC(NC2CC2)C1. The Morgan fingerprint density at radius 2 is 2.00 bits per heavy atom. The Bertz CT molecular complexity index is 229. The zero-order chi connectivity index (χ0) is 13.0. The monoisotopic (exact) mass is 254 g/mol. The van der Waals surface area contributed by atoms with Crippen LogP contribution in [0.25, 0.3) is 0 Å². The first kappa shape index (κ1) is 14.3.